The van der Waals surface area contributed by atoms with Crippen LogP contribution < -0.4 is 5.32 Å². The van der Waals surface area contributed by atoms with Gasteiger partial charge in [0, 0.05) is 19.8 Å². The summed E-state index contributed by atoms with van der Waals surface area (Å²) in [5.41, 5.74) is 0. The molecule has 0 bridgehead atoms. The molecule has 1 unspecified atom stereocenters. The Morgan fingerprint density at radius 3 is 2.35 bits per heavy atom. The standard InChI is InChI=1S/C14H29NO2/c1-15-14(9-10-17-12-11-16-2)13-7-5-3-4-6-8-13/h13-15H,3-12H2,1-2H3. The van der Waals surface area contributed by atoms with Gasteiger partial charge >= 0.3 is 0 Å². The molecule has 0 aliphatic heterocycles. The maximum atomic E-state index is 5.56. The number of hydrogen-bond acceptors (Lipinski definition) is 3. The first kappa shape index (κ1) is 14.9. The Morgan fingerprint density at radius 1 is 1.06 bits per heavy atom. The van der Waals surface area contributed by atoms with Gasteiger partial charge in [-0.05, 0) is 32.2 Å². The average Bonchev–Trinajstić information content (AvgIpc) is 2.63. The van der Waals surface area contributed by atoms with Gasteiger partial charge in [-0.25, -0.2) is 0 Å². The number of hydrogen-bond donors (Lipinski definition) is 1. The maximum Gasteiger partial charge on any atom is 0.0700 e. The highest BCUT2D eigenvalue weighted by atomic mass is 16.5. The summed E-state index contributed by atoms with van der Waals surface area (Å²) in [5.74, 6) is 0.855. The zero-order valence-corrected chi connectivity index (χ0v) is 11.5. The molecule has 0 aromatic heterocycles. The Hall–Kier alpha value is -0.120. The Bertz CT molecular complexity index is 168. The Kier molecular flexibility index (Phi) is 8.67. The van der Waals surface area contributed by atoms with Crippen molar-refractivity contribution in [1.82, 2.24) is 5.32 Å². The van der Waals surface area contributed by atoms with Crippen molar-refractivity contribution in [2.24, 2.45) is 5.92 Å². The Balaban J connectivity index is 2.16. The van der Waals surface area contributed by atoms with Gasteiger partial charge in [-0.15, -0.1) is 0 Å². The van der Waals surface area contributed by atoms with Crippen LogP contribution in [0.2, 0.25) is 0 Å². The second kappa shape index (κ2) is 9.86. The molecular weight excluding hydrogens is 214 g/mol. The fraction of sp³-hybridized carbons (Fsp3) is 1.00. The lowest BCUT2D eigenvalue weighted by molar-refractivity contribution is 0.0627. The van der Waals surface area contributed by atoms with Gasteiger partial charge in [-0.3, -0.25) is 0 Å². The van der Waals surface area contributed by atoms with E-state index >= 15 is 0 Å². The lowest BCUT2D eigenvalue weighted by Crippen LogP contribution is -2.34. The second-order valence-corrected chi connectivity index (χ2v) is 5.04. The summed E-state index contributed by atoms with van der Waals surface area (Å²) in [6.45, 7) is 2.27. The van der Waals surface area contributed by atoms with E-state index in [0.717, 1.165) is 25.6 Å². The van der Waals surface area contributed by atoms with Gasteiger partial charge < -0.3 is 14.8 Å². The topological polar surface area (TPSA) is 30.5 Å². The van der Waals surface area contributed by atoms with E-state index in [0.29, 0.717) is 12.6 Å². The Morgan fingerprint density at radius 2 is 1.76 bits per heavy atom. The highest BCUT2D eigenvalue weighted by Gasteiger charge is 2.20. The van der Waals surface area contributed by atoms with Crippen molar-refractivity contribution in [3.05, 3.63) is 0 Å². The van der Waals surface area contributed by atoms with E-state index < -0.39 is 0 Å². The molecule has 3 nitrogen and oxygen atoms in total. The van der Waals surface area contributed by atoms with Gasteiger partial charge in [0.25, 0.3) is 0 Å². The van der Waals surface area contributed by atoms with Crippen LogP contribution in [0.15, 0.2) is 0 Å². The smallest absolute Gasteiger partial charge is 0.0700 e. The first-order valence-electron chi connectivity index (χ1n) is 7.12. The molecule has 0 amide bonds. The zero-order chi connectivity index (χ0) is 12.3. The molecule has 1 aliphatic carbocycles. The summed E-state index contributed by atoms with van der Waals surface area (Å²) < 4.78 is 10.5. The van der Waals surface area contributed by atoms with E-state index in [1.165, 1.54) is 38.5 Å². The zero-order valence-electron chi connectivity index (χ0n) is 11.5. The van der Waals surface area contributed by atoms with Gasteiger partial charge in [-0.1, -0.05) is 25.7 Å². The summed E-state index contributed by atoms with van der Waals surface area (Å²) in [6.07, 6.45) is 9.59. The van der Waals surface area contributed by atoms with Crippen LogP contribution in [0.1, 0.15) is 44.9 Å². The largest absolute Gasteiger partial charge is 0.382 e. The van der Waals surface area contributed by atoms with E-state index in [-0.39, 0.29) is 0 Å². The lowest BCUT2D eigenvalue weighted by Gasteiger charge is -2.25. The van der Waals surface area contributed by atoms with E-state index in [4.69, 9.17) is 9.47 Å². The minimum absolute atomic E-state index is 0.635. The lowest BCUT2D eigenvalue weighted by atomic mass is 9.90. The van der Waals surface area contributed by atoms with Crippen LogP contribution >= 0.6 is 0 Å². The van der Waals surface area contributed by atoms with Crippen molar-refractivity contribution in [3.8, 4) is 0 Å². The summed E-state index contributed by atoms with van der Waals surface area (Å²) in [6, 6.07) is 0.635. The van der Waals surface area contributed by atoms with E-state index in [9.17, 15) is 0 Å². The van der Waals surface area contributed by atoms with E-state index in [2.05, 4.69) is 12.4 Å². The number of methoxy groups -OCH3 is 1. The summed E-state index contributed by atoms with van der Waals surface area (Å²) >= 11 is 0. The van der Waals surface area contributed by atoms with Crippen molar-refractivity contribution >= 4 is 0 Å². The molecule has 1 rings (SSSR count). The number of ether oxygens (including phenoxy) is 2. The van der Waals surface area contributed by atoms with Gasteiger partial charge in [0.2, 0.25) is 0 Å². The molecule has 1 saturated carbocycles. The fourth-order valence-corrected chi connectivity index (χ4v) is 2.78. The second-order valence-electron chi connectivity index (χ2n) is 5.04. The molecule has 1 aliphatic rings. The summed E-state index contributed by atoms with van der Waals surface area (Å²) in [7, 11) is 3.80. The molecule has 0 aromatic carbocycles. The van der Waals surface area contributed by atoms with Crippen molar-refractivity contribution in [2.75, 3.05) is 34.0 Å². The van der Waals surface area contributed by atoms with Crippen LogP contribution in [-0.4, -0.2) is 40.0 Å². The van der Waals surface area contributed by atoms with Gasteiger partial charge in [0.05, 0.1) is 13.2 Å². The molecule has 1 fully saturated rings. The molecule has 0 spiro atoms. The highest BCUT2D eigenvalue weighted by molar-refractivity contribution is 4.77. The van der Waals surface area contributed by atoms with Crippen molar-refractivity contribution in [3.63, 3.8) is 0 Å². The quantitative estimate of drug-likeness (QED) is 0.525. The van der Waals surface area contributed by atoms with Crippen LogP contribution in [0.3, 0.4) is 0 Å². The average molecular weight is 243 g/mol. The number of nitrogens with one attached hydrogen (secondary N) is 1. The monoisotopic (exact) mass is 243 g/mol. The molecule has 0 saturated heterocycles. The molecule has 102 valence electrons. The minimum atomic E-state index is 0.635. The molecule has 17 heavy (non-hydrogen) atoms. The van der Waals surface area contributed by atoms with Crippen molar-refractivity contribution in [2.45, 2.75) is 51.0 Å². The fourth-order valence-electron chi connectivity index (χ4n) is 2.78. The van der Waals surface area contributed by atoms with E-state index in [1.807, 2.05) is 0 Å². The van der Waals surface area contributed by atoms with Crippen LogP contribution in [-0.2, 0) is 9.47 Å². The molecule has 0 radical (unpaired) electrons. The van der Waals surface area contributed by atoms with Crippen LogP contribution in [0.25, 0.3) is 0 Å². The third kappa shape index (κ3) is 6.39. The normalized spacial score (nSPS) is 20.1. The molecule has 1 N–H and O–H groups in total. The predicted molar refractivity (Wildman–Crippen MR) is 71.4 cm³/mol. The van der Waals surface area contributed by atoms with Crippen LogP contribution in [0, 0.1) is 5.92 Å². The van der Waals surface area contributed by atoms with Gasteiger partial charge in [0.15, 0.2) is 0 Å². The molecule has 0 aromatic rings. The molecule has 1 atom stereocenters. The number of rotatable bonds is 8. The third-order valence-electron chi connectivity index (χ3n) is 3.84. The minimum Gasteiger partial charge on any atom is -0.382 e. The molecular formula is C14H29NO2. The van der Waals surface area contributed by atoms with Crippen molar-refractivity contribution < 1.29 is 9.47 Å². The first-order chi connectivity index (χ1) is 8.38. The van der Waals surface area contributed by atoms with Crippen LogP contribution in [0.5, 0.6) is 0 Å². The molecule has 3 heteroatoms. The molecule has 0 heterocycles. The van der Waals surface area contributed by atoms with Gasteiger partial charge in [-0.2, -0.15) is 0 Å². The summed E-state index contributed by atoms with van der Waals surface area (Å²) in [5, 5.41) is 3.48. The maximum absolute atomic E-state index is 5.56. The third-order valence-corrected chi connectivity index (χ3v) is 3.84. The van der Waals surface area contributed by atoms with Crippen LogP contribution in [0.4, 0.5) is 0 Å². The SMILES string of the molecule is CNC(CCOCCOC)C1CCCCCC1. The van der Waals surface area contributed by atoms with Crippen molar-refractivity contribution in [1.29, 1.82) is 0 Å². The van der Waals surface area contributed by atoms with Gasteiger partial charge in [0.1, 0.15) is 0 Å². The summed E-state index contributed by atoms with van der Waals surface area (Å²) in [4.78, 5) is 0. The van der Waals surface area contributed by atoms with E-state index in [1.54, 1.807) is 7.11 Å². The predicted octanol–water partition coefficient (Wildman–Crippen LogP) is 2.60. The first-order valence-corrected chi connectivity index (χ1v) is 7.12. The highest BCUT2D eigenvalue weighted by Crippen LogP contribution is 2.26. The Labute approximate surface area is 106 Å².